The van der Waals surface area contributed by atoms with Gasteiger partial charge in [-0.05, 0) is 103 Å². The quantitative estimate of drug-likeness (QED) is 0.375. The smallest absolute Gasteiger partial charge is 0.263 e. The fourth-order valence-corrected chi connectivity index (χ4v) is 11.4. The lowest BCUT2D eigenvalue weighted by atomic mass is 9.84. The molecule has 5 aliphatic rings. The van der Waals surface area contributed by atoms with Gasteiger partial charge in [-0.1, -0.05) is 24.3 Å². The van der Waals surface area contributed by atoms with Crippen molar-refractivity contribution in [3.05, 3.63) is 85.9 Å². The van der Waals surface area contributed by atoms with Crippen LogP contribution in [0.1, 0.15) is 71.6 Å². The van der Waals surface area contributed by atoms with E-state index in [1.165, 1.54) is 73.6 Å². The number of rotatable bonds is 3. The molecule has 200 valence electrons. The number of fused-ring (bicyclic) bond motifs is 4. The second-order valence-electron chi connectivity index (χ2n) is 12.1. The molecule has 0 saturated heterocycles. The Labute approximate surface area is 231 Å². The largest absolute Gasteiger partial charge is 0.371 e. The van der Waals surface area contributed by atoms with Gasteiger partial charge in [0.2, 0.25) is 5.36 Å². The minimum atomic E-state index is -3.33. The highest BCUT2D eigenvalue weighted by molar-refractivity contribution is 7.74. The molecule has 0 saturated carbocycles. The molecule has 0 bridgehead atoms. The second-order valence-corrected chi connectivity index (χ2v) is 14.3. The van der Waals surface area contributed by atoms with E-state index >= 15 is 4.57 Å². The molecule has 5 heteroatoms. The molecule has 3 aromatic rings. The fourth-order valence-electron chi connectivity index (χ4n) is 8.45. The minimum absolute atomic E-state index is 0.455. The molecule has 8 rings (SSSR count). The Morgan fingerprint density at radius 3 is 2.44 bits per heavy atom. The zero-order chi connectivity index (χ0) is 26.3. The Bertz CT molecular complexity index is 1730. The molecule has 1 unspecified atom stereocenters. The Morgan fingerprint density at radius 2 is 1.62 bits per heavy atom. The second kappa shape index (κ2) is 8.91. The van der Waals surface area contributed by atoms with E-state index in [0.29, 0.717) is 6.61 Å². The van der Waals surface area contributed by atoms with E-state index < -0.39 is 7.37 Å². The molecule has 0 N–H and O–H groups in total. The average Bonchev–Trinajstić information content (AvgIpc) is 2.94. The summed E-state index contributed by atoms with van der Waals surface area (Å²) in [5.74, 6) is 0. The van der Waals surface area contributed by atoms with Gasteiger partial charge in [-0.3, -0.25) is 4.57 Å². The summed E-state index contributed by atoms with van der Waals surface area (Å²) < 4.78 is 25.1. The van der Waals surface area contributed by atoms with Crippen molar-refractivity contribution in [1.82, 2.24) is 4.58 Å². The molecule has 0 amide bonds. The highest BCUT2D eigenvalue weighted by Crippen LogP contribution is 2.53. The monoisotopic (exact) mass is 537 g/mol. The van der Waals surface area contributed by atoms with Crippen molar-refractivity contribution in [2.45, 2.75) is 65.2 Å². The van der Waals surface area contributed by atoms with Crippen LogP contribution < -0.4 is 30.7 Å². The van der Waals surface area contributed by atoms with E-state index in [-0.39, 0.29) is 0 Å². The molecule has 0 aromatic heterocycles. The lowest BCUT2D eigenvalue weighted by Crippen LogP contribution is -2.52. The molecule has 4 nitrogen and oxygen atoms in total. The van der Waals surface area contributed by atoms with Crippen LogP contribution in [0, 0.1) is 6.92 Å². The summed E-state index contributed by atoms with van der Waals surface area (Å²) in [6.07, 6.45) is 8.80. The van der Waals surface area contributed by atoms with E-state index in [1.807, 2.05) is 6.92 Å². The summed E-state index contributed by atoms with van der Waals surface area (Å²) in [5, 5.41) is 4.63. The first-order chi connectivity index (χ1) is 19.1. The molecule has 0 spiro atoms. The Balaban J connectivity index is 1.62. The van der Waals surface area contributed by atoms with E-state index in [1.54, 1.807) is 0 Å². The summed E-state index contributed by atoms with van der Waals surface area (Å²) >= 11 is 0. The third kappa shape index (κ3) is 3.34. The first kappa shape index (κ1) is 24.1. The molecule has 39 heavy (non-hydrogen) atoms. The molecule has 5 heterocycles. The van der Waals surface area contributed by atoms with Crippen molar-refractivity contribution in [1.29, 1.82) is 0 Å². The van der Waals surface area contributed by atoms with Gasteiger partial charge in [0.15, 0.2) is 0 Å². The summed E-state index contributed by atoms with van der Waals surface area (Å²) in [5.41, 5.74) is 11.9. The molecule has 3 aromatic carbocycles. The molecular weight excluding hydrogens is 499 g/mol. The molecule has 0 radical (unpaired) electrons. The Morgan fingerprint density at radius 1 is 0.872 bits per heavy atom. The summed E-state index contributed by atoms with van der Waals surface area (Å²) in [4.78, 5) is 2.58. The van der Waals surface area contributed by atoms with E-state index in [0.717, 1.165) is 75.3 Å². The van der Waals surface area contributed by atoms with Gasteiger partial charge >= 0.3 is 0 Å². The SMILES string of the molecule is CCOP1(=O)c2c(cc3c4c2CCCN4CCC3)C(c2ccccc2C)=c2cc3c4c(c21)CCC[N+]=4CCC3. The zero-order valence-electron chi connectivity index (χ0n) is 23.3. The molecule has 5 aliphatic heterocycles. The van der Waals surface area contributed by atoms with Gasteiger partial charge in [-0.25, -0.2) is 4.58 Å². The number of nitrogens with zero attached hydrogens (tertiary/aromatic N) is 2. The summed E-state index contributed by atoms with van der Waals surface area (Å²) in [6.45, 7) is 9.13. The topological polar surface area (TPSA) is 32.5 Å². The third-order valence-electron chi connectivity index (χ3n) is 9.84. The first-order valence-corrected chi connectivity index (χ1v) is 16.8. The van der Waals surface area contributed by atoms with Crippen LogP contribution in [0.2, 0.25) is 0 Å². The van der Waals surface area contributed by atoms with Crippen LogP contribution in [0.15, 0.2) is 36.4 Å². The van der Waals surface area contributed by atoms with Crippen LogP contribution >= 0.6 is 7.37 Å². The maximum Gasteiger partial charge on any atom is 0.263 e. The van der Waals surface area contributed by atoms with Crippen molar-refractivity contribution in [2.75, 3.05) is 37.7 Å². The molecule has 0 fully saturated rings. The summed E-state index contributed by atoms with van der Waals surface area (Å²) in [7, 11) is -3.33. The van der Waals surface area contributed by atoms with Gasteiger partial charge in [0.05, 0.1) is 17.2 Å². The van der Waals surface area contributed by atoms with Crippen LogP contribution in [0.5, 0.6) is 0 Å². The van der Waals surface area contributed by atoms with E-state index in [9.17, 15) is 0 Å². The Hall–Kier alpha value is -2.68. The van der Waals surface area contributed by atoms with Crippen LogP contribution in [-0.2, 0) is 34.8 Å². The maximum atomic E-state index is 15.9. The minimum Gasteiger partial charge on any atom is -0.371 e. The summed E-state index contributed by atoms with van der Waals surface area (Å²) in [6, 6.07) is 13.7. The number of hydrogen-bond donors (Lipinski definition) is 0. The van der Waals surface area contributed by atoms with Gasteiger partial charge in [0.1, 0.15) is 13.1 Å². The van der Waals surface area contributed by atoms with Crippen LogP contribution in [0.25, 0.3) is 5.57 Å². The van der Waals surface area contributed by atoms with E-state index in [2.05, 4.69) is 52.8 Å². The number of aryl methyl sites for hydroxylation is 3. The van der Waals surface area contributed by atoms with Crippen LogP contribution in [-0.4, -0.2) is 32.8 Å². The third-order valence-corrected chi connectivity index (χ3v) is 12.7. The van der Waals surface area contributed by atoms with Crippen molar-refractivity contribution in [3.63, 3.8) is 0 Å². The van der Waals surface area contributed by atoms with Gasteiger partial charge < -0.3 is 9.42 Å². The van der Waals surface area contributed by atoms with E-state index in [4.69, 9.17) is 4.52 Å². The van der Waals surface area contributed by atoms with Crippen LogP contribution in [0.3, 0.4) is 0 Å². The molecular formula is C34H38N2O2P+. The van der Waals surface area contributed by atoms with Gasteiger partial charge in [0, 0.05) is 42.7 Å². The van der Waals surface area contributed by atoms with Gasteiger partial charge in [0.25, 0.3) is 7.37 Å². The zero-order valence-corrected chi connectivity index (χ0v) is 24.2. The lowest BCUT2D eigenvalue weighted by molar-refractivity contribution is 0.347. The van der Waals surface area contributed by atoms with Gasteiger partial charge in [-0.15, -0.1) is 0 Å². The van der Waals surface area contributed by atoms with Crippen molar-refractivity contribution < 1.29 is 9.09 Å². The maximum absolute atomic E-state index is 15.9. The standard InChI is InChI=1S/C34H38N2O2P/c1-3-38-39(37)33-26-14-8-18-35-16-6-11-23(31(26)35)20-28(33)30(25-13-5-4-10-22(25)2)29-21-24-12-7-17-36-19-9-15-27(32(24)36)34(29)39/h4-5,10,13,20-21H,3,6-9,11-12,14-19H2,1-2H3/q+1. The number of benzene rings is 3. The number of hydrogen-bond acceptors (Lipinski definition) is 3. The molecule has 1 atom stereocenters. The highest BCUT2D eigenvalue weighted by atomic mass is 31.2. The van der Waals surface area contributed by atoms with Crippen molar-refractivity contribution in [2.24, 2.45) is 0 Å². The highest BCUT2D eigenvalue weighted by Gasteiger charge is 2.45. The number of anilines is 1. The van der Waals surface area contributed by atoms with Crippen molar-refractivity contribution >= 4 is 29.2 Å². The predicted molar refractivity (Wildman–Crippen MR) is 160 cm³/mol. The predicted octanol–water partition coefficient (Wildman–Crippen LogP) is 3.90. The van der Waals surface area contributed by atoms with Gasteiger partial charge in [-0.2, -0.15) is 0 Å². The van der Waals surface area contributed by atoms with Crippen LogP contribution in [0.4, 0.5) is 5.69 Å². The lowest BCUT2D eigenvalue weighted by Gasteiger charge is -2.41. The fraction of sp³-hybridized carbons (Fsp3) is 0.441. The molecule has 0 aliphatic carbocycles. The normalized spacial score (nSPS) is 22.7. The van der Waals surface area contributed by atoms with Crippen molar-refractivity contribution in [3.8, 4) is 0 Å². The first-order valence-electron chi connectivity index (χ1n) is 15.2. The Kier molecular flexibility index (Phi) is 5.52. The average molecular weight is 538 g/mol.